The summed E-state index contributed by atoms with van der Waals surface area (Å²) in [6, 6.07) is 11.5. The van der Waals surface area contributed by atoms with Crippen LogP contribution in [0.3, 0.4) is 0 Å². The summed E-state index contributed by atoms with van der Waals surface area (Å²) in [5.74, 6) is 0. The second-order valence-electron chi connectivity index (χ2n) is 5.76. The normalized spacial score (nSPS) is 12.5. The molecule has 0 spiro atoms. The number of hydrogen-bond donors (Lipinski definition) is 1. The van der Waals surface area contributed by atoms with Crippen molar-refractivity contribution in [3.8, 4) is 0 Å². The minimum absolute atomic E-state index is 0.265. The summed E-state index contributed by atoms with van der Waals surface area (Å²) in [4.78, 5) is 0. The predicted molar refractivity (Wildman–Crippen MR) is 100 cm³/mol. The van der Waals surface area contributed by atoms with Gasteiger partial charge in [0.2, 0.25) is 0 Å². The number of nitrogens with one attached hydrogen (secondary N) is 1. The molecule has 2 heteroatoms. The fourth-order valence-electron chi connectivity index (χ4n) is 2.78. The van der Waals surface area contributed by atoms with Crippen molar-refractivity contribution in [2.24, 2.45) is 0 Å². The van der Waals surface area contributed by atoms with Crippen LogP contribution in [0.1, 0.15) is 46.3 Å². The van der Waals surface area contributed by atoms with Crippen LogP contribution in [0, 0.1) is 31.3 Å². The number of rotatable bonds is 4. The van der Waals surface area contributed by atoms with Gasteiger partial charge in [-0.15, -0.1) is 0 Å². The van der Waals surface area contributed by atoms with Crippen LogP contribution in [-0.4, -0.2) is 6.54 Å². The average molecular weight is 393 g/mol. The minimum Gasteiger partial charge on any atom is -0.306 e. The van der Waals surface area contributed by atoms with Crippen molar-refractivity contribution in [3.63, 3.8) is 0 Å². The molecule has 21 heavy (non-hydrogen) atoms. The van der Waals surface area contributed by atoms with Crippen molar-refractivity contribution >= 4 is 22.6 Å². The first-order valence-corrected chi connectivity index (χ1v) is 8.59. The molecule has 1 atom stereocenters. The van der Waals surface area contributed by atoms with Gasteiger partial charge in [0.05, 0.1) is 6.04 Å². The lowest BCUT2D eigenvalue weighted by Gasteiger charge is -2.24. The maximum Gasteiger partial charge on any atom is 0.0589 e. The van der Waals surface area contributed by atoms with Gasteiger partial charge < -0.3 is 5.32 Å². The van der Waals surface area contributed by atoms with Crippen LogP contribution < -0.4 is 5.32 Å². The molecule has 0 aliphatic carbocycles. The molecule has 1 nitrogen and oxygen atoms in total. The third-order valence-electron chi connectivity index (χ3n) is 4.13. The van der Waals surface area contributed by atoms with E-state index in [0.29, 0.717) is 0 Å². The van der Waals surface area contributed by atoms with Gasteiger partial charge in [-0.1, -0.05) is 37.3 Å². The Kier molecular flexibility index (Phi) is 5.44. The van der Waals surface area contributed by atoms with Crippen molar-refractivity contribution in [3.05, 3.63) is 67.3 Å². The zero-order chi connectivity index (χ0) is 15.6. The summed E-state index contributed by atoms with van der Waals surface area (Å²) >= 11 is 2.47. The third-order valence-corrected chi connectivity index (χ3v) is 5.61. The first kappa shape index (κ1) is 16.5. The summed E-state index contributed by atoms with van der Waals surface area (Å²) in [7, 11) is 0. The molecule has 112 valence electrons. The highest BCUT2D eigenvalue weighted by Gasteiger charge is 2.19. The Balaban J connectivity index is 2.59. The van der Waals surface area contributed by atoms with Crippen molar-refractivity contribution in [1.82, 2.24) is 5.32 Å². The molecule has 0 fully saturated rings. The van der Waals surface area contributed by atoms with Gasteiger partial charge in [-0.3, -0.25) is 0 Å². The van der Waals surface area contributed by atoms with E-state index < -0.39 is 0 Å². The molecule has 0 radical (unpaired) electrons. The van der Waals surface area contributed by atoms with Crippen molar-refractivity contribution in [2.75, 3.05) is 6.54 Å². The van der Waals surface area contributed by atoms with E-state index in [-0.39, 0.29) is 6.04 Å². The Hall–Kier alpha value is -0.870. The molecule has 0 bridgehead atoms. The fraction of sp³-hybridized carbons (Fsp3) is 0.368. The average Bonchev–Trinajstić information content (AvgIpc) is 2.44. The highest BCUT2D eigenvalue weighted by atomic mass is 127. The van der Waals surface area contributed by atoms with E-state index in [1.165, 1.54) is 37.0 Å². The smallest absolute Gasteiger partial charge is 0.0589 e. The molecule has 0 aliphatic rings. The van der Waals surface area contributed by atoms with E-state index in [0.717, 1.165) is 6.54 Å². The minimum atomic E-state index is 0.265. The Morgan fingerprint density at radius 1 is 0.905 bits per heavy atom. The van der Waals surface area contributed by atoms with Gasteiger partial charge >= 0.3 is 0 Å². The van der Waals surface area contributed by atoms with E-state index in [9.17, 15) is 0 Å². The second-order valence-corrected chi connectivity index (χ2v) is 6.84. The number of aryl methyl sites for hydroxylation is 4. The summed E-state index contributed by atoms with van der Waals surface area (Å²) in [5.41, 5.74) is 8.21. The molecule has 0 aliphatic heterocycles. The zero-order valence-corrected chi connectivity index (χ0v) is 15.7. The SMILES string of the molecule is CCNC(c1cc(C)c(C)cc1C)c1cccc(C)c1I. The topological polar surface area (TPSA) is 12.0 Å². The van der Waals surface area contributed by atoms with Gasteiger partial charge in [-0.2, -0.15) is 0 Å². The Bertz CT molecular complexity index is 646. The highest BCUT2D eigenvalue weighted by molar-refractivity contribution is 14.1. The molecule has 2 aromatic rings. The highest BCUT2D eigenvalue weighted by Crippen LogP contribution is 2.31. The van der Waals surface area contributed by atoms with Crippen LogP contribution in [0.25, 0.3) is 0 Å². The molecule has 1 unspecified atom stereocenters. The first-order valence-electron chi connectivity index (χ1n) is 7.51. The van der Waals surface area contributed by atoms with Crippen LogP contribution in [0.15, 0.2) is 30.3 Å². The van der Waals surface area contributed by atoms with Gasteiger partial charge in [-0.25, -0.2) is 0 Å². The maximum absolute atomic E-state index is 3.67. The molecule has 0 amide bonds. The quantitative estimate of drug-likeness (QED) is 0.702. The molecule has 0 aromatic heterocycles. The molecular weight excluding hydrogens is 369 g/mol. The van der Waals surface area contributed by atoms with Gasteiger partial charge in [0.25, 0.3) is 0 Å². The second kappa shape index (κ2) is 6.93. The van der Waals surface area contributed by atoms with Crippen molar-refractivity contribution < 1.29 is 0 Å². The number of hydrogen-bond acceptors (Lipinski definition) is 1. The number of halogens is 1. The maximum atomic E-state index is 3.67. The fourth-order valence-corrected chi connectivity index (χ4v) is 3.45. The largest absolute Gasteiger partial charge is 0.306 e. The Labute approximate surface area is 142 Å². The van der Waals surface area contributed by atoms with E-state index in [1.54, 1.807) is 0 Å². The van der Waals surface area contributed by atoms with Gasteiger partial charge in [0.15, 0.2) is 0 Å². The molecule has 1 N–H and O–H groups in total. The summed E-state index contributed by atoms with van der Waals surface area (Å²) in [6.45, 7) is 11.9. The van der Waals surface area contributed by atoms with E-state index in [4.69, 9.17) is 0 Å². The van der Waals surface area contributed by atoms with Gasteiger partial charge in [0.1, 0.15) is 0 Å². The number of benzene rings is 2. The van der Waals surface area contributed by atoms with Crippen LogP contribution in [0.5, 0.6) is 0 Å². The molecule has 2 aromatic carbocycles. The summed E-state index contributed by atoms with van der Waals surface area (Å²) in [5, 5.41) is 3.67. The Morgan fingerprint density at radius 2 is 1.57 bits per heavy atom. The molecule has 2 rings (SSSR count). The first-order chi connectivity index (χ1) is 9.95. The summed E-state index contributed by atoms with van der Waals surface area (Å²) in [6.07, 6.45) is 0. The van der Waals surface area contributed by atoms with E-state index >= 15 is 0 Å². The standard InChI is InChI=1S/C19H24IN/c1-6-21-19(16-9-7-8-12(2)18(16)20)17-11-14(4)13(3)10-15(17)5/h7-11,19,21H,6H2,1-5H3. The van der Waals surface area contributed by atoms with Gasteiger partial charge in [-0.05, 0) is 90.2 Å². The van der Waals surface area contributed by atoms with E-state index in [2.05, 4.69) is 92.9 Å². The van der Waals surface area contributed by atoms with Crippen molar-refractivity contribution in [2.45, 2.75) is 40.7 Å². The van der Waals surface area contributed by atoms with Crippen LogP contribution in [-0.2, 0) is 0 Å². The third kappa shape index (κ3) is 3.49. The lowest BCUT2D eigenvalue weighted by Crippen LogP contribution is -2.24. The van der Waals surface area contributed by atoms with Gasteiger partial charge in [0, 0.05) is 3.57 Å². The van der Waals surface area contributed by atoms with Crippen LogP contribution >= 0.6 is 22.6 Å². The molecule has 0 heterocycles. The Morgan fingerprint density at radius 3 is 2.24 bits per heavy atom. The lowest BCUT2D eigenvalue weighted by molar-refractivity contribution is 0.624. The molecule has 0 saturated heterocycles. The monoisotopic (exact) mass is 393 g/mol. The lowest BCUT2D eigenvalue weighted by atomic mass is 9.91. The van der Waals surface area contributed by atoms with Crippen LogP contribution in [0.4, 0.5) is 0 Å². The predicted octanol–water partition coefficient (Wildman–Crippen LogP) is 5.22. The van der Waals surface area contributed by atoms with Crippen LogP contribution in [0.2, 0.25) is 0 Å². The van der Waals surface area contributed by atoms with E-state index in [1.807, 2.05) is 0 Å². The van der Waals surface area contributed by atoms with Crippen molar-refractivity contribution in [1.29, 1.82) is 0 Å². The molecular formula is C19H24IN. The zero-order valence-electron chi connectivity index (χ0n) is 13.5. The summed E-state index contributed by atoms with van der Waals surface area (Å²) < 4.78 is 1.36. The molecule has 0 saturated carbocycles.